The van der Waals surface area contributed by atoms with Gasteiger partial charge in [0.15, 0.2) is 5.11 Å². The van der Waals surface area contributed by atoms with E-state index < -0.39 is 0 Å². The molecule has 2 heterocycles. The van der Waals surface area contributed by atoms with Crippen molar-refractivity contribution in [2.75, 3.05) is 18.4 Å². The van der Waals surface area contributed by atoms with Crippen LogP contribution in [0.2, 0.25) is 0 Å². The summed E-state index contributed by atoms with van der Waals surface area (Å²) in [6.07, 6.45) is 0.985. The van der Waals surface area contributed by atoms with E-state index >= 15 is 0 Å². The molecule has 0 aromatic carbocycles. The Bertz CT molecular complexity index is 398. The lowest BCUT2D eigenvalue weighted by atomic mass is 10.1. The number of hydrogen-bond acceptors (Lipinski definition) is 3. The van der Waals surface area contributed by atoms with Gasteiger partial charge in [-0.3, -0.25) is 4.68 Å². The number of anilines is 1. The van der Waals surface area contributed by atoms with Crippen LogP contribution in [0.15, 0.2) is 0 Å². The quantitative estimate of drug-likeness (QED) is 0.651. The summed E-state index contributed by atoms with van der Waals surface area (Å²) in [5, 5.41) is 14.8. The van der Waals surface area contributed by atoms with E-state index in [2.05, 4.69) is 21.0 Å². The van der Waals surface area contributed by atoms with Crippen molar-refractivity contribution in [2.24, 2.45) is 7.05 Å². The second-order valence-corrected chi connectivity index (χ2v) is 4.22. The summed E-state index contributed by atoms with van der Waals surface area (Å²) in [4.78, 5) is 0. The maximum Gasteiger partial charge on any atom is 0.171 e. The second kappa shape index (κ2) is 4.80. The van der Waals surface area contributed by atoms with Gasteiger partial charge in [-0.25, -0.2) is 0 Å². The molecule has 1 aliphatic heterocycles. The monoisotopic (exact) mass is 239 g/mol. The lowest BCUT2D eigenvalue weighted by molar-refractivity contribution is 0.633. The minimum absolute atomic E-state index is 0.652. The first kappa shape index (κ1) is 11.3. The molecule has 16 heavy (non-hydrogen) atoms. The smallest absolute Gasteiger partial charge is 0.171 e. The highest BCUT2D eigenvalue weighted by atomic mass is 32.1. The summed E-state index contributed by atoms with van der Waals surface area (Å²) >= 11 is 5.18. The zero-order valence-corrected chi connectivity index (χ0v) is 10.4. The number of thiocarbonyl (C=S) groups is 1. The third-order valence-corrected chi connectivity index (χ3v) is 2.88. The average molecular weight is 239 g/mol. The highest BCUT2D eigenvalue weighted by molar-refractivity contribution is 7.80. The van der Waals surface area contributed by atoms with Gasteiger partial charge in [0.05, 0.1) is 5.69 Å². The lowest BCUT2D eigenvalue weighted by Gasteiger charge is -2.14. The van der Waals surface area contributed by atoms with Crippen LogP contribution in [0.4, 0.5) is 5.82 Å². The Balaban J connectivity index is 2.19. The van der Waals surface area contributed by atoms with Crippen molar-refractivity contribution in [3.63, 3.8) is 0 Å². The Morgan fingerprint density at radius 1 is 1.62 bits per heavy atom. The van der Waals surface area contributed by atoms with Gasteiger partial charge in [0.25, 0.3) is 0 Å². The maximum absolute atomic E-state index is 5.18. The van der Waals surface area contributed by atoms with Gasteiger partial charge >= 0.3 is 0 Å². The third-order valence-electron chi connectivity index (χ3n) is 2.64. The van der Waals surface area contributed by atoms with Gasteiger partial charge in [-0.15, -0.1) is 0 Å². The van der Waals surface area contributed by atoms with Crippen LogP contribution in [0.5, 0.6) is 0 Å². The van der Waals surface area contributed by atoms with Crippen molar-refractivity contribution in [1.29, 1.82) is 0 Å². The first-order valence-electron chi connectivity index (χ1n) is 5.52. The van der Waals surface area contributed by atoms with Gasteiger partial charge in [-0.05, 0) is 19.1 Å². The van der Waals surface area contributed by atoms with Crippen LogP contribution in [0.1, 0.15) is 18.2 Å². The van der Waals surface area contributed by atoms with E-state index in [-0.39, 0.29) is 0 Å². The molecule has 0 radical (unpaired) electrons. The van der Waals surface area contributed by atoms with E-state index in [1.807, 2.05) is 18.7 Å². The fraction of sp³-hybridized carbons (Fsp3) is 0.600. The van der Waals surface area contributed by atoms with Crippen LogP contribution in [-0.4, -0.2) is 28.0 Å². The molecule has 0 bridgehead atoms. The molecule has 0 aliphatic carbocycles. The zero-order valence-electron chi connectivity index (χ0n) is 9.63. The first-order valence-corrected chi connectivity index (χ1v) is 5.93. The second-order valence-electron chi connectivity index (χ2n) is 3.81. The van der Waals surface area contributed by atoms with Crippen molar-refractivity contribution in [2.45, 2.75) is 19.9 Å². The van der Waals surface area contributed by atoms with E-state index in [0.29, 0.717) is 5.11 Å². The van der Waals surface area contributed by atoms with Crippen molar-refractivity contribution in [3.8, 4) is 0 Å². The summed E-state index contributed by atoms with van der Waals surface area (Å²) in [5.74, 6) is 0.994. The molecule has 5 nitrogen and oxygen atoms in total. The van der Waals surface area contributed by atoms with Gasteiger partial charge in [0, 0.05) is 38.7 Å². The van der Waals surface area contributed by atoms with Crippen molar-refractivity contribution in [3.05, 3.63) is 11.3 Å². The largest absolute Gasteiger partial charge is 0.363 e. The molecule has 6 heteroatoms. The molecule has 0 atom stereocenters. The Hall–Kier alpha value is -1.14. The molecule has 88 valence electrons. The van der Waals surface area contributed by atoms with Gasteiger partial charge in [0.1, 0.15) is 5.82 Å². The summed E-state index contributed by atoms with van der Waals surface area (Å²) < 4.78 is 1.86. The van der Waals surface area contributed by atoms with Crippen LogP contribution in [-0.2, 0) is 20.0 Å². The summed E-state index contributed by atoms with van der Waals surface area (Å²) in [6.45, 7) is 4.71. The molecule has 0 saturated heterocycles. The Labute approximate surface area is 101 Å². The van der Waals surface area contributed by atoms with E-state index in [9.17, 15) is 0 Å². The van der Waals surface area contributed by atoms with Gasteiger partial charge in [-0.2, -0.15) is 5.10 Å². The molecule has 2 rings (SSSR count). The molecule has 0 spiro atoms. The highest BCUT2D eigenvalue weighted by Crippen LogP contribution is 2.21. The molecule has 1 aromatic rings. The van der Waals surface area contributed by atoms with E-state index in [1.165, 1.54) is 11.3 Å². The number of aromatic nitrogens is 2. The minimum atomic E-state index is 0.652. The SMILES string of the molecule is CCNC(=S)Nc1c2c(nn1C)CCNC2. The van der Waals surface area contributed by atoms with Crippen LogP contribution >= 0.6 is 12.2 Å². The third kappa shape index (κ3) is 2.17. The Kier molecular flexibility index (Phi) is 3.40. The number of rotatable bonds is 2. The molecule has 0 saturated carbocycles. The average Bonchev–Trinajstić information content (AvgIpc) is 2.56. The fourth-order valence-electron chi connectivity index (χ4n) is 1.90. The van der Waals surface area contributed by atoms with E-state index in [0.717, 1.165) is 31.9 Å². The molecular formula is C10H17N5S. The molecule has 0 fully saturated rings. The van der Waals surface area contributed by atoms with Crippen molar-refractivity contribution >= 4 is 23.1 Å². The fourth-order valence-corrected chi connectivity index (χ4v) is 2.14. The predicted molar refractivity (Wildman–Crippen MR) is 68.5 cm³/mol. The van der Waals surface area contributed by atoms with Gasteiger partial charge < -0.3 is 16.0 Å². The molecule has 1 aliphatic rings. The molecular weight excluding hydrogens is 222 g/mol. The van der Waals surface area contributed by atoms with Gasteiger partial charge in [-0.1, -0.05) is 0 Å². The number of nitrogens with zero attached hydrogens (tertiary/aromatic N) is 2. The van der Waals surface area contributed by atoms with E-state index in [4.69, 9.17) is 12.2 Å². The van der Waals surface area contributed by atoms with Crippen LogP contribution in [0, 0.1) is 0 Å². The first-order chi connectivity index (χ1) is 7.72. The van der Waals surface area contributed by atoms with Crippen molar-refractivity contribution < 1.29 is 0 Å². The van der Waals surface area contributed by atoms with Crippen LogP contribution in [0.3, 0.4) is 0 Å². The normalized spacial score (nSPS) is 14.4. The molecule has 3 N–H and O–H groups in total. The number of hydrogen-bond donors (Lipinski definition) is 3. The topological polar surface area (TPSA) is 53.9 Å². The lowest BCUT2D eigenvalue weighted by Crippen LogP contribution is -2.30. The molecule has 1 aromatic heterocycles. The number of fused-ring (bicyclic) bond motifs is 1. The summed E-state index contributed by atoms with van der Waals surface area (Å²) in [5.41, 5.74) is 2.40. The van der Waals surface area contributed by atoms with Crippen LogP contribution < -0.4 is 16.0 Å². The number of aryl methyl sites for hydroxylation is 1. The van der Waals surface area contributed by atoms with Gasteiger partial charge in [0.2, 0.25) is 0 Å². The zero-order chi connectivity index (χ0) is 11.5. The molecule has 0 unspecified atom stereocenters. The van der Waals surface area contributed by atoms with Crippen LogP contribution in [0.25, 0.3) is 0 Å². The Morgan fingerprint density at radius 2 is 2.44 bits per heavy atom. The summed E-state index contributed by atoms with van der Waals surface area (Å²) in [7, 11) is 1.94. The maximum atomic E-state index is 5.18. The standard InChI is InChI=1S/C10H17N5S/c1-3-12-10(16)13-9-7-6-11-5-4-8(7)14-15(9)2/h11H,3-6H2,1-2H3,(H2,12,13,16). The molecule has 0 amide bonds. The minimum Gasteiger partial charge on any atom is -0.363 e. The van der Waals surface area contributed by atoms with Crippen molar-refractivity contribution in [1.82, 2.24) is 20.4 Å². The highest BCUT2D eigenvalue weighted by Gasteiger charge is 2.19. The summed E-state index contributed by atoms with van der Waals surface area (Å²) in [6, 6.07) is 0. The Morgan fingerprint density at radius 3 is 3.19 bits per heavy atom. The number of nitrogens with one attached hydrogen (secondary N) is 3. The predicted octanol–water partition coefficient (Wildman–Crippen LogP) is 0.372. The van der Waals surface area contributed by atoms with E-state index in [1.54, 1.807) is 0 Å².